The van der Waals surface area contributed by atoms with Crippen molar-refractivity contribution in [2.75, 3.05) is 11.9 Å². The number of hydrogen-bond donors (Lipinski definition) is 3. The van der Waals surface area contributed by atoms with E-state index in [0.29, 0.717) is 0 Å². The molecule has 5 rings (SSSR count). The summed E-state index contributed by atoms with van der Waals surface area (Å²) in [6.45, 7) is 0.913. The van der Waals surface area contributed by atoms with Gasteiger partial charge in [-0.1, -0.05) is 30.3 Å². The number of benzene rings is 2. The van der Waals surface area contributed by atoms with E-state index in [-0.39, 0.29) is 5.91 Å². The quantitative estimate of drug-likeness (QED) is 0.577. The van der Waals surface area contributed by atoms with Gasteiger partial charge in [-0.15, -0.1) is 0 Å². The number of carbonyl (C=O) groups excluding carboxylic acids is 1. The van der Waals surface area contributed by atoms with Crippen LogP contribution in [0, 0.1) is 0 Å². The van der Waals surface area contributed by atoms with Gasteiger partial charge in [0.15, 0.2) is 0 Å². The molecule has 4 heteroatoms. The summed E-state index contributed by atoms with van der Waals surface area (Å²) in [6.07, 6.45) is 0.983. The Balaban J connectivity index is 1.87. The lowest BCUT2D eigenvalue weighted by Crippen LogP contribution is -2.98. The van der Waals surface area contributed by atoms with Crippen LogP contribution in [-0.4, -0.2) is 17.4 Å². The van der Waals surface area contributed by atoms with Crippen molar-refractivity contribution in [3.63, 3.8) is 0 Å². The van der Waals surface area contributed by atoms with Crippen LogP contribution in [0.15, 0.2) is 48.5 Å². The third-order valence-electron chi connectivity index (χ3n) is 5.01. The summed E-state index contributed by atoms with van der Waals surface area (Å²) in [7, 11) is 0. The van der Waals surface area contributed by atoms with Crippen LogP contribution in [0.5, 0.6) is 0 Å². The molecule has 1 spiro atoms. The van der Waals surface area contributed by atoms with Gasteiger partial charge in [-0.2, -0.15) is 0 Å². The molecule has 0 bridgehead atoms. The Hall–Kier alpha value is -2.59. The third-order valence-corrected chi connectivity index (χ3v) is 5.01. The molecule has 0 fully saturated rings. The normalized spacial score (nSPS) is 22.6. The minimum atomic E-state index is -0.663. The molecular weight excluding hydrogens is 274 g/mol. The summed E-state index contributed by atoms with van der Waals surface area (Å²) in [4.78, 5) is 16.4. The van der Waals surface area contributed by atoms with Crippen LogP contribution >= 0.6 is 0 Å². The van der Waals surface area contributed by atoms with Crippen LogP contribution in [0.2, 0.25) is 0 Å². The van der Waals surface area contributed by atoms with Crippen LogP contribution in [0.25, 0.3) is 10.9 Å². The van der Waals surface area contributed by atoms with Crippen LogP contribution in [0.1, 0.15) is 16.8 Å². The van der Waals surface area contributed by atoms with Gasteiger partial charge in [-0.25, -0.2) is 0 Å². The Kier molecular flexibility index (Phi) is 2.18. The van der Waals surface area contributed by atoms with Gasteiger partial charge >= 0.3 is 0 Å². The molecule has 3 aromatic rings. The number of H-pyrrole nitrogens is 1. The zero-order valence-electron chi connectivity index (χ0n) is 12.0. The summed E-state index contributed by atoms with van der Waals surface area (Å²) in [6, 6.07) is 16.3. The molecule has 0 saturated carbocycles. The van der Waals surface area contributed by atoms with Gasteiger partial charge in [-0.05, 0) is 23.8 Å². The zero-order chi connectivity index (χ0) is 14.7. The highest BCUT2D eigenvalue weighted by Gasteiger charge is 2.55. The summed E-state index contributed by atoms with van der Waals surface area (Å²) >= 11 is 0. The van der Waals surface area contributed by atoms with E-state index in [1.54, 1.807) is 0 Å². The minimum Gasteiger partial charge on any atom is -0.352 e. The number of quaternary nitrogens is 1. The molecule has 0 saturated heterocycles. The van der Waals surface area contributed by atoms with Gasteiger partial charge in [-0.3, -0.25) is 4.79 Å². The molecule has 1 atom stereocenters. The number of carbonyl (C=O) groups is 1. The van der Waals surface area contributed by atoms with E-state index in [2.05, 4.69) is 39.9 Å². The van der Waals surface area contributed by atoms with Crippen molar-refractivity contribution in [1.29, 1.82) is 0 Å². The number of fused-ring (bicyclic) bond motifs is 6. The van der Waals surface area contributed by atoms with Crippen molar-refractivity contribution < 1.29 is 10.1 Å². The first-order chi connectivity index (χ1) is 10.8. The molecule has 1 amide bonds. The molecule has 4 nitrogen and oxygen atoms in total. The first kappa shape index (κ1) is 12.0. The maximum atomic E-state index is 12.9. The van der Waals surface area contributed by atoms with Crippen LogP contribution in [0.4, 0.5) is 5.69 Å². The van der Waals surface area contributed by atoms with Crippen LogP contribution in [0.3, 0.4) is 0 Å². The fourth-order valence-electron chi connectivity index (χ4n) is 4.06. The number of anilines is 1. The Morgan fingerprint density at radius 2 is 1.86 bits per heavy atom. The number of nitrogens with one attached hydrogen (secondary N) is 2. The lowest BCUT2D eigenvalue weighted by atomic mass is 9.82. The monoisotopic (exact) mass is 290 g/mol. The molecule has 4 N–H and O–H groups in total. The van der Waals surface area contributed by atoms with Gasteiger partial charge in [0.2, 0.25) is 5.54 Å². The predicted molar refractivity (Wildman–Crippen MR) is 84.6 cm³/mol. The Morgan fingerprint density at radius 3 is 2.82 bits per heavy atom. The molecule has 2 aromatic carbocycles. The molecule has 0 radical (unpaired) electrons. The van der Waals surface area contributed by atoms with Crippen molar-refractivity contribution >= 4 is 22.5 Å². The van der Waals surface area contributed by atoms with Crippen molar-refractivity contribution in [2.45, 2.75) is 12.0 Å². The van der Waals surface area contributed by atoms with E-state index in [9.17, 15) is 4.79 Å². The topological polar surface area (TPSA) is 61.5 Å². The second-order valence-corrected chi connectivity index (χ2v) is 6.07. The maximum absolute atomic E-state index is 12.9. The third kappa shape index (κ3) is 1.28. The Bertz CT molecular complexity index is 927. The number of aromatic nitrogens is 1. The molecule has 3 heterocycles. The number of rotatable bonds is 0. The molecule has 0 unspecified atom stereocenters. The standard InChI is InChI=1S/C18H15N3O/c22-17-18(13-6-2-4-8-15(13)21-17)16-12(9-10-19-18)11-5-1-3-7-14(11)20-16/h1-8,19-20H,9-10H2,(H,21,22)/p+1/t18-/m0/s1. The fourth-order valence-corrected chi connectivity index (χ4v) is 4.06. The number of para-hydroxylation sites is 2. The lowest BCUT2D eigenvalue weighted by Gasteiger charge is -2.29. The van der Waals surface area contributed by atoms with E-state index >= 15 is 0 Å². The molecular formula is C18H16N3O+. The molecule has 108 valence electrons. The number of aromatic amines is 1. The SMILES string of the molecule is O=C1Nc2ccccc2[C@@]12[NH2+]CCc1c2[nH]c2ccccc12. The average molecular weight is 290 g/mol. The van der Waals surface area contributed by atoms with Crippen molar-refractivity contribution in [3.05, 3.63) is 65.4 Å². The second kappa shape index (κ2) is 3.99. The fraction of sp³-hybridized carbons (Fsp3) is 0.167. The largest absolute Gasteiger partial charge is 0.352 e. The molecule has 22 heavy (non-hydrogen) atoms. The highest BCUT2D eigenvalue weighted by Crippen LogP contribution is 2.41. The maximum Gasteiger partial charge on any atom is 0.297 e. The van der Waals surface area contributed by atoms with E-state index in [1.807, 2.05) is 24.3 Å². The smallest absolute Gasteiger partial charge is 0.297 e. The van der Waals surface area contributed by atoms with Crippen LogP contribution in [-0.2, 0) is 16.8 Å². The van der Waals surface area contributed by atoms with E-state index in [1.165, 1.54) is 10.9 Å². The molecule has 0 aliphatic carbocycles. The molecule has 1 aromatic heterocycles. The lowest BCUT2D eigenvalue weighted by molar-refractivity contribution is -0.713. The average Bonchev–Trinajstić information content (AvgIpc) is 3.06. The molecule has 2 aliphatic heterocycles. The number of amides is 1. The molecule has 2 aliphatic rings. The van der Waals surface area contributed by atoms with E-state index < -0.39 is 5.54 Å². The summed E-state index contributed by atoms with van der Waals surface area (Å²) in [5, 5.41) is 6.46. The number of nitrogens with two attached hydrogens (primary N) is 1. The Labute approximate surface area is 127 Å². The van der Waals surface area contributed by atoms with Crippen molar-refractivity contribution in [3.8, 4) is 0 Å². The van der Waals surface area contributed by atoms with Crippen LogP contribution < -0.4 is 10.6 Å². The summed E-state index contributed by atoms with van der Waals surface area (Å²) in [5.74, 6) is 0.0567. The van der Waals surface area contributed by atoms with Crippen molar-refractivity contribution in [1.82, 2.24) is 4.98 Å². The summed E-state index contributed by atoms with van der Waals surface area (Å²) < 4.78 is 0. The van der Waals surface area contributed by atoms with E-state index in [4.69, 9.17) is 0 Å². The van der Waals surface area contributed by atoms with Gasteiger partial charge in [0.1, 0.15) is 0 Å². The predicted octanol–water partition coefficient (Wildman–Crippen LogP) is 1.48. The number of hydrogen-bond acceptors (Lipinski definition) is 1. The van der Waals surface area contributed by atoms with Gasteiger partial charge in [0.05, 0.1) is 23.5 Å². The van der Waals surface area contributed by atoms with Gasteiger partial charge in [0.25, 0.3) is 5.91 Å². The Morgan fingerprint density at radius 1 is 1.05 bits per heavy atom. The van der Waals surface area contributed by atoms with Gasteiger partial charge < -0.3 is 15.6 Å². The minimum absolute atomic E-state index is 0.0567. The highest BCUT2D eigenvalue weighted by atomic mass is 16.2. The first-order valence-electron chi connectivity index (χ1n) is 7.66. The van der Waals surface area contributed by atoms with E-state index in [0.717, 1.165) is 35.4 Å². The highest BCUT2D eigenvalue weighted by molar-refractivity contribution is 6.08. The van der Waals surface area contributed by atoms with Crippen molar-refractivity contribution in [2.24, 2.45) is 0 Å². The second-order valence-electron chi connectivity index (χ2n) is 6.07. The first-order valence-corrected chi connectivity index (χ1v) is 7.66. The zero-order valence-corrected chi connectivity index (χ0v) is 12.0. The summed E-state index contributed by atoms with van der Waals surface area (Å²) in [5.41, 5.74) is 4.76. The van der Waals surface area contributed by atoms with Gasteiger partial charge in [0, 0.05) is 17.3 Å².